The lowest BCUT2D eigenvalue weighted by atomic mass is 9.93. The number of carbonyl (C=O) groups is 3. The van der Waals surface area contributed by atoms with Crippen molar-refractivity contribution in [3.05, 3.63) is 0 Å². The van der Waals surface area contributed by atoms with Crippen LogP contribution in [0.5, 0.6) is 0 Å². The second-order valence-electron chi connectivity index (χ2n) is 13.3. The summed E-state index contributed by atoms with van der Waals surface area (Å²) >= 11 is 0. The van der Waals surface area contributed by atoms with Gasteiger partial charge in [0.05, 0.1) is 24.9 Å². The van der Waals surface area contributed by atoms with Crippen LogP contribution in [0.2, 0.25) is 0 Å². The van der Waals surface area contributed by atoms with Crippen LogP contribution in [0.4, 0.5) is 0 Å². The lowest BCUT2D eigenvalue weighted by Crippen LogP contribution is -2.71. The van der Waals surface area contributed by atoms with E-state index < -0.39 is 147 Å². The maximum Gasteiger partial charge on any atom is 0.217 e. The molecule has 0 aromatic heterocycles. The van der Waals surface area contributed by atoms with Gasteiger partial charge in [-0.25, -0.2) is 0 Å². The molecule has 0 aliphatic carbocycles. The molecule has 0 aromatic carbocycles. The first-order valence-electron chi connectivity index (χ1n) is 16.6. The summed E-state index contributed by atoms with van der Waals surface area (Å²) in [5, 5.41) is 92.5. The van der Waals surface area contributed by atoms with Crippen LogP contribution in [0.15, 0.2) is 0 Å². The van der Waals surface area contributed by atoms with E-state index in [1.54, 1.807) is 0 Å². The number of nitrogens with one attached hydrogen (secondary N) is 3. The van der Waals surface area contributed by atoms with Gasteiger partial charge in [-0.05, 0) is 20.8 Å². The molecule has 0 spiro atoms. The van der Waals surface area contributed by atoms with Crippen molar-refractivity contribution in [2.75, 3.05) is 6.61 Å². The number of aliphatic hydroxyl groups excluding tert-OH is 8. The van der Waals surface area contributed by atoms with E-state index in [1.807, 2.05) is 0 Å². The minimum atomic E-state index is -1.77. The Morgan fingerprint density at radius 1 is 0.510 bits per heavy atom. The maximum absolute atomic E-state index is 12.5. The van der Waals surface area contributed by atoms with Crippen molar-refractivity contribution in [2.24, 2.45) is 0 Å². The van der Waals surface area contributed by atoms with Crippen LogP contribution >= 0.6 is 0 Å². The van der Waals surface area contributed by atoms with E-state index in [0.717, 1.165) is 20.8 Å². The molecule has 0 aromatic rings. The molecule has 4 saturated heterocycles. The summed E-state index contributed by atoms with van der Waals surface area (Å²) in [5.74, 6) is -1.92. The fraction of sp³-hybridized carbons (Fsp3) is 0.900. The molecular weight excluding hydrogens is 690 g/mol. The molecule has 4 fully saturated rings. The van der Waals surface area contributed by atoms with E-state index in [-0.39, 0.29) is 0 Å². The minimum absolute atomic E-state index is 0.628. The number of hydrogen-bond donors (Lipinski definition) is 11. The Hall–Kier alpha value is -2.19. The first kappa shape index (κ1) is 41.6. The summed E-state index contributed by atoms with van der Waals surface area (Å²) in [4.78, 5) is 36.9. The van der Waals surface area contributed by atoms with E-state index in [2.05, 4.69) is 16.0 Å². The van der Waals surface area contributed by atoms with Crippen LogP contribution in [0.25, 0.3) is 0 Å². The molecule has 0 unspecified atom stereocenters. The average molecular weight is 742 g/mol. The average Bonchev–Trinajstić information content (AvgIpc) is 3.05. The second kappa shape index (κ2) is 17.3. The van der Waals surface area contributed by atoms with E-state index >= 15 is 0 Å². The normalized spacial score (nSPS) is 47.6. The van der Waals surface area contributed by atoms with Gasteiger partial charge in [0, 0.05) is 20.8 Å². The molecule has 51 heavy (non-hydrogen) atoms. The van der Waals surface area contributed by atoms with Crippen LogP contribution in [0.1, 0.15) is 41.5 Å². The molecule has 20 atom stereocenters. The third kappa shape index (κ3) is 9.31. The Labute approximate surface area is 293 Å². The molecule has 21 heteroatoms. The van der Waals surface area contributed by atoms with Crippen LogP contribution in [-0.2, 0) is 47.5 Å². The third-order valence-corrected chi connectivity index (χ3v) is 9.29. The lowest BCUT2D eigenvalue weighted by Gasteiger charge is -2.50. The molecule has 294 valence electrons. The second-order valence-corrected chi connectivity index (χ2v) is 13.3. The van der Waals surface area contributed by atoms with E-state index in [4.69, 9.17) is 33.2 Å². The van der Waals surface area contributed by atoms with Gasteiger partial charge < -0.3 is 90.0 Å². The molecule has 0 saturated carbocycles. The molecule has 4 heterocycles. The fourth-order valence-electron chi connectivity index (χ4n) is 6.58. The van der Waals surface area contributed by atoms with Crippen molar-refractivity contribution < 1.29 is 88.4 Å². The summed E-state index contributed by atoms with van der Waals surface area (Å²) in [6, 6.07) is -4.21. The highest BCUT2D eigenvalue weighted by Gasteiger charge is 2.55. The highest BCUT2D eigenvalue weighted by atomic mass is 16.7. The summed E-state index contributed by atoms with van der Waals surface area (Å²) < 4.78 is 40.9. The predicted octanol–water partition coefficient (Wildman–Crippen LogP) is -6.23. The predicted molar refractivity (Wildman–Crippen MR) is 164 cm³/mol. The minimum Gasteiger partial charge on any atom is -0.394 e. The van der Waals surface area contributed by atoms with Crippen molar-refractivity contribution in [1.29, 1.82) is 0 Å². The number of rotatable bonds is 10. The van der Waals surface area contributed by atoms with Crippen molar-refractivity contribution in [3.8, 4) is 0 Å². The maximum atomic E-state index is 12.5. The Kier molecular flexibility index (Phi) is 14.1. The molecule has 4 rings (SSSR count). The summed E-state index contributed by atoms with van der Waals surface area (Å²) in [7, 11) is 0. The van der Waals surface area contributed by atoms with Gasteiger partial charge in [0.15, 0.2) is 25.2 Å². The van der Waals surface area contributed by atoms with Crippen LogP contribution < -0.4 is 16.0 Å². The zero-order valence-corrected chi connectivity index (χ0v) is 28.9. The van der Waals surface area contributed by atoms with Gasteiger partial charge in [0.1, 0.15) is 79.2 Å². The SMILES string of the molecule is CC(=O)N[C@@H]1[C@H](O[C@@H]2[C@H](O)[C@H](C)O[C@@H](O[C@H]3[C@H](O)[C@@H](CO)O[C@@H](O)[C@@H]3NC(C)=O)[C@H]2NC(C)=O)O[C@@H](C)[C@@H](O)[C@H]1O[C@@H]1O[C@@H](C)[C@H](O)[C@@H](O)[C@H]1O. The van der Waals surface area contributed by atoms with Crippen LogP contribution in [0, 0.1) is 0 Å². The number of amides is 3. The topological polar surface area (TPSA) is 314 Å². The fourth-order valence-corrected chi connectivity index (χ4v) is 6.58. The van der Waals surface area contributed by atoms with Crippen molar-refractivity contribution in [3.63, 3.8) is 0 Å². The quantitative estimate of drug-likeness (QED) is 0.0992. The third-order valence-electron chi connectivity index (χ3n) is 9.29. The first-order valence-corrected chi connectivity index (χ1v) is 16.6. The van der Waals surface area contributed by atoms with Gasteiger partial charge in [-0.1, -0.05) is 0 Å². The molecule has 21 nitrogen and oxygen atoms in total. The highest BCUT2D eigenvalue weighted by molar-refractivity contribution is 5.74. The highest BCUT2D eigenvalue weighted by Crippen LogP contribution is 2.34. The molecule has 0 radical (unpaired) electrons. The standard InChI is InChI=1S/C30H51N3O18/c1-8-18(38)22(42)23(43)30(47-8)51-26-17(33-13(6)37)29(46-10(3)20(26)40)50-25-16(32-12(5)36)28(45-9(2)19(25)39)49-24-15(31-11(4)35)27(44)48-14(7-34)21(24)41/h8-10,14-30,34,38-44H,7H2,1-6H3,(H,31,35)(H,32,36)(H,33,37)/t8-,9-,10-,14+,15+,16-,17-,18-,19+,20+,21+,22+,23+,24+,25-,26-,27+,28-,29-,30-/m0/s1. The zero-order chi connectivity index (χ0) is 38.1. The monoisotopic (exact) mass is 741 g/mol. The van der Waals surface area contributed by atoms with Crippen molar-refractivity contribution >= 4 is 17.7 Å². The Morgan fingerprint density at radius 3 is 1.31 bits per heavy atom. The zero-order valence-electron chi connectivity index (χ0n) is 28.9. The largest absolute Gasteiger partial charge is 0.394 e. The smallest absolute Gasteiger partial charge is 0.217 e. The van der Waals surface area contributed by atoms with E-state index in [1.165, 1.54) is 20.8 Å². The van der Waals surface area contributed by atoms with Gasteiger partial charge >= 0.3 is 0 Å². The van der Waals surface area contributed by atoms with Crippen molar-refractivity contribution in [2.45, 2.75) is 164 Å². The Balaban J connectivity index is 1.66. The van der Waals surface area contributed by atoms with E-state index in [0.29, 0.717) is 0 Å². The van der Waals surface area contributed by atoms with Gasteiger partial charge in [-0.3, -0.25) is 14.4 Å². The lowest BCUT2D eigenvalue weighted by molar-refractivity contribution is -0.357. The van der Waals surface area contributed by atoms with Crippen LogP contribution in [0.3, 0.4) is 0 Å². The molecule has 11 N–H and O–H groups in total. The summed E-state index contributed by atoms with van der Waals surface area (Å²) in [6.07, 6.45) is -25.1. The van der Waals surface area contributed by atoms with Crippen molar-refractivity contribution in [1.82, 2.24) is 16.0 Å². The van der Waals surface area contributed by atoms with Crippen LogP contribution in [-0.4, -0.2) is 188 Å². The number of hydrogen-bond acceptors (Lipinski definition) is 18. The molecule has 4 aliphatic heterocycles. The number of ether oxygens (including phenoxy) is 7. The Morgan fingerprint density at radius 2 is 0.882 bits per heavy atom. The van der Waals surface area contributed by atoms with Gasteiger partial charge in [-0.15, -0.1) is 0 Å². The molecule has 3 amide bonds. The van der Waals surface area contributed by atoms with E-state index in [9.17, 15) is 55.2 Å². The molecule has 0 bridgehead atoms. The number of carbonyl (C=O) groups excluding carboxylic acids is 3. The van der Waals surface area contributed by atoms with Gasteiger partial charge in [0.2, 0.25) is 17.7 Å². The van der Waals surface area contributed by atoms with Gasteiger partial charge in [-0.2, -0.15) is 0 Å². The summed E-state index contributed by atoms with van der Waals surface area (Å²) in [6.45, 7) is 7.00. The summed E-state index contributed by atoms with van der Waals surface area (Å²) in [5.41, 5.74) is 0. The Bertz CT molecular complexity index is 1200. The van der Waals surface area contributed by atoms with Gasteiger partial charge in [0.25, 0.3) is 0 Å². The first-order chi connectivity index (χ1) is 23.9. The number of aliphatic hydroxyl groups is 8. The molecule has 4 aliphatic rings. The molecular formula is C30H51N3O18.